The number of carboxylic acids is 1. The number of ether oxygens (including phenoxy) is 1. The van der Waals surface area contributed by atoms with Crippen molar-refractivity contribution in [1.82, 2.24) is 0 Å². The average molecular weight is 220 g/mol. The highest BCUT2D eigenvalue weighted by Gasteiger charge is 2.23. The topological polar surface area (TPSA) is 46.5 Å². The van der Waals surface area contributed by atoms with Crippen LogP contribution in [0.25, 0.3) is 0 Å². The summed E-state index contributed by atoms with van der Waals surface area (Å²) in [7, 11) is 0. The Bertz CT molecular complexity index is 398. The zero-order valence-electron chi connectivity index (χ0n) is 9.40. The van der Waals surface area contributed by atoms with Crippen LogP contribution < -0.4 is 4.74 Å². The Morgan fingerprint density at radius 1 is 1.56 bits per heavy atom. The summed E-state index contributed by atoms with van der Waals surface area (Å²) in [5.74, 6) is 0.224. The second kappa shape index (κ2) is 4.56. The Kier molecular flexibility index (Phi) is 3.13. The van der Waals surface area contributed by atoms with Crippen molar-refractivity contribution in [2.75, 3.05) is 6.61 Å². The molecule has 0 saturated heterocycles. The van der Waals surface area contributed by atoms with Crippen molar-refractivity contribution >= 4 is 5.97 Å². The van der Waals surface area contributed by atoms with Gasteiger partial charge in [0.1, 0.15) is 5.75 Å². The average Bonchev–Trinajstić information content (AvgIpc) is 2.28. The smallest absolute Gasteiger partial charge is 0.303 e. The molecule has 3 heteroatoms. The number of aliphatic carboxylic acids is 1. The van der Waals surface area contributed by atoms with Crippen molar-refractivity contribution in [2.45, 2.75) is 32.1 Å². The lowest BCUT2D eigenvalue weighted by atomic mass is 9.89. The first-order valence-corrected chi connectivity index (χ1v) is 5.68. The van der Waals surface area contributed by atoms with Gasteiger partial charge in [-0.05, 0) is 30.0 Å². The monoisotopic (exact) mass is 220 g/mol. The van der Waals surface area contributed by atoms with Gasteiger partial charge >= 0.3 is 5.97 Å². The van der Waals surface area contributed by atoms with E-state index in [2.05, 4.69) is 13.0 Å². The largest absolute Gasteiger partial charge is 0.493 e. The predicted molar refractivity (Wildman–Crippen MR) is 60.9 cm³/mol. The van der Waals surface area contributed by atoms with E-state index in [4.69, 9.17) is 9.84 Å². The highest BCUT2D eigenvalue weighted by Crippen LogP contribution is 2.36. The molecule has 0 spiro atoms. The van der Waals surface area contributed by atoms with Gasteiger partial charge in [0.15, 0.2) is 0 Å². The molecule has 1 aromatic rings. The second-order valence-electron chi connectivity index (χ2n) is 4.16. The fourth-order valence-corrected chi connectivity index (χ4v) is 2.16. The van der Waals surface area contributed by atoms with Crippen LogP contribution in [-0.4, -0.2) is 17.7 Å². The van der Waals surface area contributed by atoms with E-state index in [0.29, 0.717) is 6.61 Å². The van der Waals surface area contributed by atoms with Crippen LogP contribution in [0.4, 0.5) is 0 Å². The van der Waals surface area contributed by atoms with Gasteiger partial charge < -0.3 is 9.84 Å². The first-order valence-electron chi connectivity index (χ1n) is 5.68. The van der Waals surface area contributed by atoms with E-state index >= 15 is 0 Å². The van der Waals surface area contributed by atoms with Gasteiger partial charge in [-0.3, -0.25) is 4.79 Å². The van der Waals surface area contributed by atoms with Gasteiger partial charge in [-0.15, -0.1) is 0 Å². The molecule has 1 aliphatic rings. The zero-order chi connectivity index (χ0) is 11.5. The lowest BCUT2D eigenvalue weighted by Gasteiger charge is -2.25. The third kappa shape index (κ3) is 2.18. The maximum Gasteiger partial charge on any atom is 0.303 e. The molecule has 1 N–H and O–H groups in total. The normalized spacial score (nSPS) is 18.7. The van der Waals surface area contributed by atoms with Crippen LogP contribution in [0.3, 0.4) is 0 Å². The number of fused-ring (bicyclic) bond motifs is 1. The van der Waals surface area contributed by atoms with Gasteiger partial charge in [0.25, 0.3) is 0 Å². The molecule has 3 nitrogen and oxygen atoms in total. The van der Waals surface area contributed by atoms with Crippen LogP contribution in [0.1, 0.15) is 36.8 Å². The highest BCUT2D eigenvalue weighted by atomic mass is 16.5. The Balaban J connectivity index is 2.31. The summed E-state index contributed by atoms with van der Waals surface area (Å²) < 4.78 is 5.54. The predicted octanol–water partition coefficient (Wildman–Crippen LogP) is 2.59. The molecule has 0 radical (unpaired) electrons. The van der Waals surface area contributed by atoms with Gasteiger partial charge in [0.2, 0.25) is 0 Å². The van der Waals surface area contributed by atoms with Crippen molar-refractivity contribution < 1.29 is 14.6 Å². The van der Waals surface area contributed by atoms with E-state index in [9.17, 15) is 4.79 Å². The highest BCUT2D eigenvalue weighted by molar-refractivity contribution is 5.68. The van der Waals surface area contributed by atoms with Crippen molar-refractivity contribution in [2.24, 2.45) is 0 Å². The van der Waals surface area contributed by atoms with Crippen LogP contribution in [0, 0.1) is 0 Å². The summed E-state index contributed by atoms with van der Waals surface area (Å²) in [5.41, 5.74) is 2.30. The van der Waals surface area contributed by atoms with E-state index in [0.717, 1.165) is 24.2 Å². The number of aryl methyl sites for hydroxylation is 1. The molecule has 0 aromatic heterocycles. The summed E-state index contributed by atoms with van der Waals surface area (Å²) in [4.78, 5) is 10.8. The van der Waals surface area contributed by atoms with Crippen LogP contribution in [-0.2, 0) is 11.2 Å². The van der Waals surface area contributed by atoms with Gasteiger partial charge in [-0.2, -0.15) is 0 Å². The number of carboxylic acid groups (broad SMARTS) is 1. The number of carbonyl (C=O) groups is 1. The third-order valence-electron chi connectivity index (χ3n) is 3.07. The van der Waals surface area contributed by atoms with Gasteiger partial charge in [0, 0.05) is 5.92 Å². The Hall–Kier alpha value is -1.51. The van der Waals surface area contributed by atoms with Crippen LogP contribution >= 0.6 is 0 Å². The molecule has 1 aliphatic heterocycles. The summed E-state index contributed by atoms with van der Waals surface area (Å²) in [6, 6.07) is 6.09. The molecule has 1 aromatic carbocycles. The van der Waals surface area contributed by atoms with Crippen LogP contribution in [0.15, 0.2) is 18.2 Å². The molecule has 1 heterocycles. The summed E-state index contributed by atoms with van der Waals surface area (Å²) in [6.45, 7) is 2.72. The van der Waals surface area contributed by atoms with Gasteiger partial charge in [0.05, 0.1) is 13.0 Å². The molecule has 0 saturated carbocycles. The van der Waals surface area contributed by atoms with Gasteiger partial charge in [-0.1, -0.05) is 19.1 Å². The van der Waals surface area contributed by atoms with Crippen molar-refractivity contribution in [3.63, 3.8) is 0 Å². The van der Waals surface area contributed by atoms with E-state index < -0.39 is 5.97 Å². The maximum absolute atomic E-state index is 10.8. The molecule has 0 bridgehead atoms. The lowest BCUT2D eigenvalue weighted by Crippen LogP contribution is -2.17. The maximum atomic E-state index is 10.8. The fourth-order valence-electron chi connectivity index (χ4n) is 2.16. The molecular weight excluding hydrogens is 204 g/mol. The second-order valence-corrected chi connectivity index (χ2v) is 4.16. The molecule has 0 amide bonds. The quantitative estimate of drug-likeness (QED) is 0.851. The minimum absolute atomic E-state index is 0.104. The third-order valence-corrected chi connectivity index (χ3v) is 3.07. The van der Waals surface area contributed by atoms with Gasteiger partial charge in [-0.25, -0.2) is 0 Å². The summed E-state index contributed by atoms with van der Waals surface area (Å²) in [6.07, 6.45) is 1.96. The van der Waals surface area contributed by atoms with Crippen molar-refractivity contribution in [1.29, 1.82) is 0 Å². The number of benzene rings is 1. The lowest BCUT2D eigenvalue weighted by molar-refractivity contribution is -0.137. The van der Waals surface area contributed by atoms with E-state index in [1.165, 1.54) is 5.56 Å². The molecule has 16 heavy (non-hydrogen) atoms. The van der Waals surface area contributed by atoms with E-state index in [1.54, 1.807) is 0 Å². The molecule has 2 rings (SSSR count). The minimum Gasteiger partial charge on any atom is -0.493 e. The number of rotatable bonds is 3. The standard InChI is InChI=1S/C13H16O3/c1-2-9-3-4-12-11(7-9)10(5-6-16-12)8-13(14)15/h3-4,7,10H,2,5-6,8H2,1H3,(H,14,15). The van der Waals surface area contributed by atoms with Crippen molar-refractivity contribution in [3.05, 3.63) is 29.3 Å². The first kappa shape index (κ1) is 11.0. The minimum atomic E-state index is -0.736. The first-order chi connectivity index (χ1) is 7.70. The Morgan fingerprint density at radius 2 is 2.38 bits per heavy atom. The SMILES string of the molecule is CCc1ccc2c(c1)C(CC(=O)O)CCO2. The zero-order valence-corrected chi connectivity index (χ0v) is 9.40. The van der Waals surface area contributed by atoms with E-state index in [-0.39, 0.29) is 12.3 Å². The Morgan fingerprint density at radius 3 is 3.06 bits per heavy atom. The fraction of sp³-hybridized carbons (Fsp3) is 0.462. The molecular formula is C13H16O3. The molecule has 0 fully saturated rings. The number of hydrogen-bond acceptors (Lipinski definition) is 2. The molecule has 1 atom stereocenters. The van der Waals surface area contributed by atoms with Crippen LogP contribution in [0.2, 0.25) is 0 Å². The number of hydrogen-bond donors (Lipinski definition) is 1. The summed E-state index contributed by atoms with van der Waals surface area (Å²) in [5, 5.41) is 8.88. The van der Waals surface area contributed by atoms with Crippen molar-refractivity contribution in [3.8, 4) is 5.75 Å². The molecule has 0 aliphatic carbocycles. The molecule has 1 unspecified atom stereocenters. The van der Waals surface area contributed by atoms with Crippen LogP contribution in [0.5, 0.6) is 5.75 Å². The van der Waals surface area contributed by atoms with E-state index in [1.807, 2.05) is 12.1 Å². The Labute approximate surface area is 95.0 Å². The summed E-state index contributed by atoms with van der Waals surface area (Å²) >= 11 is 0. The molecule has 86 valence electrons.